The van der Waals surface area contributed by atoms with Gasteiger partial charge in [-0.05, 0) is 30.9 Å². The highest BCUT2D eigenvalue weighted by atomic mass is 35.5. The van der Waals surface area contributed by atoms with Crippen LogP contribution in [0.4, 0.5) is 13.2 Å². The quantitative estimate of drug-likeness (QED) is 0.694. The molecule has 3 heterocycles. The van der Waals surface area contributed by atoms with E-state index in [2.05, 4.69) is 28.8 Å². The summed E-state index contributed by atoms with van der Waals surface area (Å²) in [5, 5.41) is 0.236. The maximum Gasteiger partial charge on any atom is 0.431 e. The lowest BCUT2D eigenvalue weighted by molar-refractivity contribution is -0.141. The van der Waals surface area contributed by atoms with Crippen molar-refractivity contribution in [2.45, 2.75) is 20.5 Å². The fourth-order valence-corrected chi connectivity index (χ4v) is 3.21. The molecule has 4 rings (SSSR count). The molecule has 2 aromatic heterocycles. The SMILES string of the molecule is C.CC1C2CN(C)CC12.O=Cc1cncc(Cl)n1.O=c1cccc(C(F)(F)F)[nH]1. The van der Waals surface area contributed by atoms with Gasteiger partial charge in [0.05, 0.1) is 12.4 Å². The topological polar surface area (TPSA) is 79.0 Å². The van der Waals surface area contributed by atoms with Gasteiger partial charge in [-0.15, -0.1) is 0 Å². The van der Waals surface area contributed by atoms with Crippen molar-refractivity contribution in [2.24, 2.45) is 17.8 Å². The lowest BCUT2D eigenvalue weighted by Crippen LogP contribution is -2.18. The zero-order valence-electron chi connectivity index (χ0n) is 15.3. The van der Waals surface area contributed by atoms with Gasteiger partial charge in [-0.3, -0.25) is 14.6 Å². The minimum absolute atomic E-state index is 0. The average Bonchev–Trinajstić information content (AvgIpc) is 3.03. The predicted molar refractivity (Wildman–Crippen MR) is 105 cm³/mol. The first-order chi connectivity index (χ1) is 13.1. The van der Waals surface area contributed by atoms with Crippen LogP contribution in [0.2, 0.25) is 5.15 Å². The summed E-state index contributed by atoms with van der Waals surface area (Å²) in [5.74, 6) is 3.23. The van der Waals surface area contributed by atoms with Crippen LogP contribution in [-0.4, -0.2) is 46.3 Å². The number of hydrogen-bond donors (Lipinski definition) is 1. The van der Waals surface area contributed by atoms with Gasteiger partial charge in [-0.25, -0.2) is 4.98 Å². The molecule has 10 heteroatoms. The van der Waals surface area contributed by atoms with Gasteiger partial charge in [0.1, 0.15) is 16.5 Å². The minimum Gasteiger partial charge on any atom is -0.318 e. The molecule has 0 aromatic carbocycles. The Bertz CT molecular complexity index is 848. The number of alkyl halides is 3. The molecule has 0 bridgehead atoms. The molecule has 1 saturated carbocycles. The maximum atomic E-state index is 11.8. The normalized spacial score (nSPS) is 22.1. The summed E-state index contributed by atoms with van der Waals surface area (Å²) in [6, 6.07) is 2.89. The van der Waals surface area contributed by atoms with Crippen LogP contribution in [-0.2, 0) is 6.18 Å². The Morgan fingerprint density at radius 3 is 2.24 bits per heavy atom. The van der Waals surface area contributed by atoms with Crippen molar-refractivity contribution >= 4 is 17.9 Å². The van der Waals surface area contributed by atoms with E-state index in [1.165, 1.54) is 25.5 Å². The number of carbonyl (C=O) groups is 1. The molecule has 1 saturated heterocycles. The first kappa shape index (κ1) is 24.8. The van der Waals surface area contributed by atoms with Crippen LogP contribution < -0.4 is 5.56 Å². The third-order valence-electron chi connectivity index (χ3n) is 4.62. The first-order valence-electron chi connectivity index (χ1n) is 8.49. The summed E-state index contributed by atoms with van der Waals surface area (Å²) in [6.07, 6.45) is -1.16. The van der Waals surface area contributed by atoms with Crippen LogP contribution in [0.25, 0.3) is 0 Å². The summed E-state index contributed by atoms with van der Waals surface area (Å²) in [7, 11) is 2.22. The van der Waals surface area contributed by atoms with Crippen LogP contribution in [0.1, 0.15) is 30.5 Å². The van der Waals surface area contributed by atoms with Crippen molar-refractivity contribution in [3.8, 4) is 0 Å². The highest BCUT2D eigenvalue weighted by Crippen LogP contribution is 2.50. The third kappa shape index (κ3) is 7.58. The zero-order valence-corrected chi connectivity index (χ0v) is 16.0. The Balaban J connectivity index is 0.000000216. The number of H-pyrrole nitrogens is 1. The second-order valence-electron chi connectivity index (χ2n) is 6.72. The van der Waals surface area contributed by atoms with Crippen LogP contribution in [0.5, 0.6) is 0 Å². The molecular formula is C19H24ClF3N4O2. The second-order valence-corrected chi connectivity index (χ2v) is 7.11. The molecule has 2 atom stereocenters. The van der Waals surface area contributed by atoms with E-state index in [1.807, 2.05) is 0 Å². The molecular weight excluding hydrogens is 409 g/mol. The molecule has 0 amide bonds. The van der Waals surface area contributed by atoms with Crippen molar-refractivity contribution in [1.29, 1.82) is 0 Å². The zero-order chi connectivity index (χ0) is 20.9. The molecule has 2 aliphatic rings. The monoisotopic (exact) mass is 432 g/mol. The maximum absolute atomic E-state index is 11.8. The standard InChI is InChI=1S/C7H13N.C6H4F3NO.C5H3ClN2O.CH4/c1-5-6-3-8(2)4-7(5)6;7-6(8,9)4-2-1-3-5(11)10-4;6-5-2-7-1-4(3-9)8-5;/h5-7H,3-4H2,1-2H3;1-3H,(H,10,11);1-3H;1H4. The Morgan fingerprint density at radius 2 is 1.86 bits per heavy atom. The number of aldehydes is 1. The van der Waals surface area contributed by atoms with E-state index >= 15 is 0 Å². The second kappa shape index (κ2) is 10.5. The van der Waals surface area contributed by atoms with E-state index in [0.717, 1.165) is 36.0 Å². The van der Waals surface area contributed by atoms with E-state index in [0.29, 0.717) is 6.29 Å². The van der Waals surface area contributed by atoms with Crippen molar-refractivity contribution in [3.63, 3.8) is 0 Å². The van der Waals surface area contributed by atoms with E-state index < -0.39 is 17.4 Å². The first-order valence-corrected chi connectivity index (χ1v) is 8.87. The summed E-state index contributed by atoms with van der Waals surface area (Å²) in [5.41, 5.74) is -1.52. The number of rotatable bonds is 1. The molecule has 1 aliphatic carbocycles. The molecule has 6 nitrogen and oxygen atoms in total. The largest absolute Gasteiger partial charge is 0.431 e. The van der Waals surface area contributed by atoms with Gasteiger partial charge in [-0.1, -0.05) is 32.0 Å². The Hall–Kier alpha value is -2.26. The van der Waals surface area contributed by atoms with E-state index in [4.69, 9.17) is 11.6 Å². The molecule has 2 unspecified atom stereocenters. The van der Waals surface area contributed by atoms with Crippen molar-refractivity contribution in [2.75, 3.05) is 20.1 Å². The van der Waals surface area contributed by atoms with Gasteiger partial charge in [0.15, 0.2) is 6.29 Å². The number of fused-ring (bicyclic) bond motifs is 1. The number of aromatic amines is 1. The lowest BCUT2D eigenvalue weighted by atomic mass is 10.3. The number of aromatic nitrogens is 3. The molecule has 1 aliphatic heterocycles. The molecule has 2 fully saturated rings. The Labute approximate surface area is 172 Å². The number of carbonyl (C=O) groups excluding carboxylic acids is 1. The number of piperidine rings is 1. The fraction of sp³-hybridized carbons (Fsp3) is 0.474. The van der Waals surface area contributed by atoms with Crippen LogP contribution >= 0.6 is 11.6 Å². The predicted octanol–water partition coefficient (Wildman–Crippen LogP) is 3.79. The van der Waals surface area contributed by atoms with Gasteiger partial charge in [0, 0.05) is 19.2 Å². The number of pyridine rings is 1. The van der Waals surface area contributed by atoms with Crippen LogP contribution in [0.3, 0.4) is 0 Å². The summed E-state index contributed by atoms with van der Waals surface area (Å²) in [4.78, 5) is 31.7. The number of likely N-dealkylation sites (tertiary alicyclic amines) is 1. The van der Waals surface area contributed by atoms with E-state index in [9.17, 15) is 22.8 Å². The molecule has 0 radical (unpaired) electrons. The highest BCUT2D eigenvalue weighted by molar-refractivity contribution is 6.29. The number of nitrogens with one attached hydrogen (secondary N) is 1. The van der Waals surface area contributed by atoms with Crippen molar-refractivity contribution in [1.82, 2.24) is 19.9 Å². The number of nitrogens with zero attached hydrogens (tertiary/aromatic N) is 3. The smallest absolute Gasteiger partial charge is 0.318 e. The molecule has 0 spiro atoms. The van der Waals surface area contributed by atoms with Gasteiger partial charge in [0.25, 0.3) is 0 Å². The molecule has 29 heavy (non-hydrogen) atoms. The van der Waals surface area contributed by atoms with Crippen LogP contribution in [0.15, 0.2) is 35.4 Å². The number of hydrogen-bond acceptors (Lipinski definition) is 5. The van der Waals surface area contributed by atoms with Gasteiger partial charge < -0.3 is 9.88 Å². The van der Waals surface area contributed by atoms with Crippen molar-refractivity contribution < 1.29 is 18.0 Å². The Kier molecular flexibility index (Phi) is 8.97. The summed E-state index contributed by atoms with van der Waals surface area (Å²) in [6.45, 7) is 5.11. The van der Waals surface area contributed by atoms with Gasteiger partial charge >= 0.3 is 6.18 Å². The summed E-state index contributed by atoms with van der Waals surface area (Å²) >= 11 is 5.39. The molecule has 160 valence electrons. The third-order valence-corrected chi connectivity index (χ3v) is 4.81. The minimum atomic E-state index is -4.47. The summed E-state index contributed by atoms with van der Waals surface area (Å²) < 4.78 is 35.4. The number of halogens is 4. The van der Waals surface area contributed by atoms with Crippen LogP contribution in [0, 0.1) is 17.8 Å². The van der Waals surface area contributed by atoms with E-state index in [-0.39, 0.29) is 18.3 Å². The van der Waals surface area contributed by atoms with Crippen molar-refractivity contribution in [3.05, 3.63) is 57.5 Å². The lowest BCUT2D eigenvalue weighted by Gasteiger charge is -2.09. The highest BCUT2D eigenvalue weighted by Gasteiger charge is 2.51. The molecule has 2 aromatic rings. The average molecular weight is 433 g/mol. The van der Waals surface area contributed by atoms with E-state index in [1.54, 1.807) is 4.98 Å². The molecule has 1 N–H and O–H groups in total. The Morgan fingerprint density at radius 1 is 1.24 bits per heavy atom. The van der Waals surface area contributed by atoms with Gasteiger partial charge in [-0.2, -0.15) is 13.2 Å². The fourth-order valence-electron chi connectivity index (χ4n) is 3.06. The van der Waals surface area contributed by atoms with Gasteiger partial charge in [0.2, 0.25) is 5.56 Å².